The molecule has 4 atom stereocenters. The van der Waals surface area contributed by atoms with E-state index in [2.05, 4.69) is 16.2 Å². The zero-order valence-electron chi connectivity index (χ0n) is 16.2. The Hall–Kier alpha value is -2.94. The second kappa shape index (κ2) is 6.84. The molecule has 0 amide bonds. The fraction of sp³-hybridized carbons (Fsp3) is 0.556. The number of nitriles is 1. The van der Waals surface area contributed by atoms with Crippen LogP contribution in [0, 0.1) is 11.3 Å². The number of nitrogen functional groups attached to an aromatic ring is 1. The van der Waals surface area contributed by atoms with Crippen molar-refractivity contribution in [2.75, 3.05) is 18.9 Å². The summed E-state index contributed by atoms with van der Waals surface area (Å²) in [5.41, 5.74) is 5.54. The van der Waals surface area contributed by atoms with Gasteiger partial charge in [-0.25, -0.2) is 14.3 Å². The van der Waals surface area contributed by atoms with E-state index in [0.717, 1.165) is 0 Å². The van der Waals surface area contributed by atoms with Crippen LogP contribution in [0.25, 0.3) is 5.52 Å². The smallest absolute Gasteiger partial charge is 0.435 e. The van der Waals surface area contributed by atoms with E-state index in [1.807, 2.05) is 0 Å². The molecule has 29 heavy (non-hydrogen) atoms. The number of rotatable bonds is 4. The summed E-state index contributed by atoms with van der Waals surface area (Å²) in [6, 6.07) is 5.64. The van der Waals surface area contributed by atoms with Gasteiger partial charge in [0.25, 0.3) is 0 Å². The Morgan fingerprint density at radius 2 is 2.14 bits per heavy atom. The molecule has 2 aliphatic heterocycles. The highest BCUT2D eigenvalue weighted by atomic mass is 16.8. The van der Waals surface area contributed by atoms with Gasteiger partial charge in [0.05, 0.1) is 12.3 Å². The van der Waals surface area contributed by atoms with Gasteiger partial charge in [-0.1, -0.05) is 0 Å². The van der Waals surface area contributed by atoms with Crippen molar-refractivity contribution in [2.45, 2.75) is 50.5 Å². The van der Waals surface area contributed by atoms with E-state index in [-0.39, 0.29) is 13.2 Å². The van der Waals surface area contributed by atoms with Gasteiger partial charge in [-0.15, -0.1) is 0 Å². The summed E-state index contributed by atoms with van der Waals surface area (Å²) in [4.78, 5) is 15.7. The van der Waals surface area contributed by atoms with Gasteiger partial charge in [0, 0.05) is 0 Å². The zero-order chi connectivity index (χ0) is 20.8. The highest BCUT2D eigenvalue weighted by Crippen LogP contribution is 2.50. The summed E-state index contributed by atoms with van der Waals surface area (Å²) in [7, 11) is 0. The van der Waals surface area contributed by atoms with Gasteiger partial charge in [0.15, 0.2) is 11.6 Å². The van der Waals surface area contributed by atoms with Crippen LogP contribution in [-0.2, 0) is 23.7 Å². The van der Waals surface area contributed by atoms with E-state index in [9.17, 15) is 10.1 Å². The minimum atomic E-state index is -1.58. The lowest BCUT2D eigenvalue weighted by Crippen LogP contribution is -2.46. The molecule has 2 fully saturated rings. The lowest BCUT2D eigenvalue weighted by Gasteiger charge is -2.28. The Balaban J connectivity index is 1.71. The molecule has 2 aromatic rings. The predicted molar refractivity (Wildman–Crippen MR) is 96.4 cm³/mol. The highest BCUT2D eigenvalue weighted by Gasteiger charge is 2.65. The molecule has 0 aromatic carbocycles. The Labute approximate surface area is 166 Å². The molecular formula is C18H21N5O6. The monoisotopic (exact) mass is 403 g/mol. The first-order valence-corrected chi connectivity index (χ1v) is 9.12. The summed E-state index contributed by atoms with van der Waals surface area (Å²) in [6.45, 7) is 4.92. The Bertz CT molecular complexity index is 985. The van der Waals surface area contributed by atoms with E-state index in [0.29, 0.717) is 17.0 Å². The van der Waals surface area contributed by atoms with Crippen molar-refractivity contribution in [3.8, 4) is 6.07 Å². The molecule has 4 heterocycles. The second-order valence-electron chi connectivity index (χ2n) is 7.23. The molecule has 0 aliphatic carbocycles. The van der Waals surface area contributed by atoms with E-state index in [1.165, 1.54) is 6.33 Å². The lowest BCUT2D eigenvalue weighted by molar-refractivity contribution is -0.205. The summed E-state index contributed by atoms with van der Waals surface area (Å²) in [5.74, 6) is -0.647. The number of fused-ring (bicyclic) bond motifs is 2. The summed E-state index contributed by atoms with van der Waals surface area (Å²) in [6.07, 6.45) is -1.71. The molecule has 0 spiro atoms. The van der Waals surface area contributed by atoms with Crippen LogP contribution in [0.4, 0.5) is 10.6 Å². The zero-order valence-corrected chi connectivity index (χ0v) is 16.2. The molecule has 0 saturated carbocycles. The van der Waals surface area contributed by atoms with Crippen LogP contribution < -0.4 is 5.73 Å². The van der Waals surface area contributed by atoms with Gasteiger partial charge in [0.1, 0.15) is 42.8 Å². The van der Waals surface area contributed by atoms with Crippen molar-refractivity contribution >= 4 is 17.5 Å². The van der Waals surface area contributed by atoms with Gasteiger partial charge in [-0.2, -0.15) is 10.4 Å². The number of ether oxygens (including phenoxy) is 5. The first kappa shape index (κ1) is 19.4. The first-order chi connectivity index (χ1) is 13.8. The molecule has 11 heteroatoms. The SMILES string of the molecule is CCOC(=O)OC[C@@]1(C#N)O[C@@H](c2ccc3c(N)ncnn23)C2OC(C)(C)OC21. The van der Waals surface area contributed by atoms with Crippen LogP contribution in [0.3, 0.4) is 0 Å². The topological polar surface area (TPSA) is 143 Å². The Kier molecular flexibility index (Phi) is 4.57. The summed E-state index contributed by atoms with van der Waals surface area (Å²) in [5, 5.41) is 14.2. The maximum atomic E-state index is 11.7. The number of hydrogen-bond donors (Lipinski definition) is 1. The fourth-order valence-electron chi connectivity index (χ4n) is 3.71. The minimum absolute atomic E-state index is 0.151. The lowest BCUT2D eigenvalue weighted by atomic mass is 9.96. The third-order valence-corrected chi connectivity index (χ3v) is 4.88. The van der Waals surface area contributed by atoms with Crippen molar-refractivity contribution in [1.29, 1.82) is 5.26 Å². The predicted octanol–water partition coefficient (Wildman–Crippen LogP) is 1.34. The van der Waals surface area contributed by atoms with Crippen LogP contribution in [0.15, 0.2) is 18.5 Å². The molecule has 2 N–H and O–H groups in total. The number of carbonyl (C=O) groups excluding carboxylic acids is 1. The quantitative estimate of drug-likeness (QED) is 0.743. The number of hydrogen-bond acceptors (Lipinski definition) is 10. The minimum Gasteiger partial charge on any atom is -0.435 e. The van der Waals surface area contributed by atoms with Crippen molar-refractivity contribution in [3.05, 3.63) is 24.2 Å². The fourth-order valence-corrected chi connectivity index (χ4v) is 3.71. The number of anilines is 1. The van der Waals surface area contributed by atoms with E-state index < -0.39 is 35.9 Å². The summed E-state index contributed by atoms with van der Waals surface area (Å²) < 4.78 is 29.6. The van der Waals surface area contributed by atoms with Crippen LogP contribution in [0.1, 0.15) is 32.6 Å². The average Bonchev–Trinajstić information content (AvgIpc) is 3.31. The van der Waals surface area contributed by atoms with Crippen molar-refractivity contribution < 1.29 is 28.5 Å². The number of aromatic nitrogens is 3. The molecule has 2 unspecified atom stereocenters. The van der Waals surface area contributed by atoms with E-state index in [1.54, 1.807) is 37.4 Å². The van der Waals surface area contributed by atoms with Crippen LogP contribution in [0.2, 0.25) is 0 Å². The maximum absolute atomic E-state index is 11.7. The van der Waals surface area contributed by atoms with Crippen LogP contribution in [0.5, 0.6) is 0 Å². The maximum Gasteiger partial charge on any atom is 0.508 e. The van der Waals surface area contributed by atoms with Gasteiger partial charge in [-0.05, 0) is 32.9 Å². The molecule has 0 bridgehead atoms. The standard InChI is InChI=1S/C18H21N5O6/c1-4-25-16(24)26-8-18(7-19)14-13(27-17(2,3)29-14)12(28-18)10-5-6-11-15(20)21-9-22-23(10)11/h5-6,9,12-14H,4,8H2,1-3H3,(H2,20,21,22)/t12-,13?,14?,18+/m0/s1. The molecular weight excluding hydrogens is 382 g/mol. The second-order valence-corrected chi connectivity index (χ2v) is 7.23. The number of nitrogens with two attached hydrogens (primary N) is 1. The molecule has 154 valence electrons. The molecule has 0 radical (unpaired) electrons. The van der Waals surface area contributed by atoms with Crippen LogP contribution in [-0.4, -0.2) is 57.6 Å². The number of nitrogens with zero attached hydrogens (tertiary/aromatic N) is 4. The third kappa shape index (κ3) is 3.15. The van der Waals surface area contributed by atoms with Crippen LogP contribution >= 0.6 is 0 Å². The highest BCUT2D eigenvalue weighted by molar-refractivity contribution is 5.65. The summed E-state index contributed by atoms with van der Waals surface area (Å²) >= 11 is 0. The van der Waals surface area contributed by atoms with E-state index in [4.69, 9.17) is 29.4 Å². The normalized spacial score (nSPS) is 30.1. The van der Waals surface area contributed by atoms with Crippen molar-refractivity contribution in [3.63, 3.8) is 0 Å². The Morgan fingerprint density at radius 3 is 2.86 bits per heavy atom. The molecule has 2 saturated heterocycles. The first-order valence-electron chi connectivity index (χ1n) is 9.12. The molecule has 2 aliphatic rings. The van der Waals surface area contributed by atoms with Gasteiger partial charge in [-0.3, -0.25) is 0 Å². The Morgan fingerprint density at radius 1 is 1.34 bits per heavy atom. The van der Waals surface area contributed by atoms with Gasteiger partial charge >= 0.3 is 6.16 Å². The largest absolute Gasteiger partial charge is 0.508 e. The van der Waals surface area contributed by atoms with E-state index >= 15 is 0 Å². The molecule has 11 nitrogen and oxygen atoms in total. The third-order valence-electron chi connectivity index (χ3n) is 4.88. The number of carbonyl (C=O) groups is 1. The van der Waals surface area contributed by atoms with Crippen molar-refractivity contribution in [1.82, 2.24) is 14.6 Å². The van der Waals surface area contributed by atoms with Crippen molar-refractivity contribution in [2.24, 2.45) is 0 Å². The molecule has 2 aromatic heterocycles. The van der Waals surface area contributed by atoms with Gasteiger partial charge in [0.2, 0.25) is 5.60 Å². The molecule has 4 rings (SSSR count). The average molecular weight is 403 g/mol. The van der Waals surface area contributed by atoms with Gasteiger partial charge < -0.3 is 29.4 Å².